The van der Waals surface area contributed by atoms with Gasteiger partial charge in [-0.3, -0.25) is 4.79 Å². The zero-order chi connectivity index (χ0) is 18.1. The summed E-state index contributed by atoms with van der Waals surface area (Å²) in [5.41, 5.74) is 7.66. The fraction of sp³-hybridized carbons (Fsp3) is 0.176. The van der Waals surface area contributed by atoms with Crippen LogP contribution in [0.15, 0.2) is 41.9 Å². The highest BCUT2D eigenvalue weighted by Crippen LogP contribution is 2.24. The van der Waals surface area contributed by atoms with E-state index in [-0.39, 0.29) is 31.3 Å². The Balaban J connectivity index is 0.00000243. The maximum Gasteiger partial charge on any atom is 0.243 e. The molecule has 4 nitrogen and oxygen atoms in total. The first-order chi connectivity index (χ1) is 11.8. The lowest BCUT2D eigenvalue weighted by Gasteiger charge is -2.21. The third-order valence-electron chi connectivity index (χ3n) is 3.68. The average molecular weight is 382 g/mol. The molecule has 0 unspecified atom stereocenters. The van der Waals surface area contributed by atoms with Gasteiger partial charge in [-0.2, -0.15) is 13.5 Å². The number of nitrogens with zero attached hydrogens (tertiary/aromatic N) is 2. The standard InChI is InChI=1S/C17H15F2N3OS.H2S/c1-22(13-2-3-16-15(8-13)21-9-24-16)17(23)14(20)6-10-4-11(18)7-12(19)5-10;/h2-5,7-9,14H,6,20H2,1H3;1H2/t14-;/m0./s1/i9D;. The van der Waals surface area contributed by atoms with Crippen molar-refractivity contribution >= 4 is 46.6 Å². The molecule has 1 aromatic heterocycles. The van der Waals surface area contributed by atoms with Crippen LogP contribution in [0, 0.1) is 11.6 Å². The summed E-state index contributed by atoms with van der Waals surface area (Å²) in [6.45, 7) is 0. The topological polar surface area (TPSA) is 59.2 Å². The fourth-order valence-corrected chi connectivity index (χ4v) is 3.04. The summed E-state index contributed by atoms with van der Waals surface area (Å²) >= 11 is 1.25. The van der Waals surface area contributed by atoms with E-state index >= 15 is 0 Å². The predicted molar refractivity (Wildman–Crippen MR) is 101 cm³/mol. The summed E-state index contributed by atoms with van der Waals surface area (Å²) in [4.78, 5) is 18.0. The second-order valence-electron chi connectivity index (χ2n) is 5.44. The van der Waals surface area contributed by atoms with Crippen molar-refractivity contribution in [3.05, 3.63) is 59.1 Å². The number of carbonyl (C=O) groups is 1. The van der Waals surface area contributed by atoms with E-state index in [2.05, 4.69) is 4.98 Å². The van der Waals surface area contributed by atoms with Crippen molar-refractivity contribution in [2.24, 2.45) is 5.73 Å². The molecule has 0 aliphatic carbocycles. The lowest BCUT2D eigenvalue weighted by Crippen LogP contribution is -2.43. The Kier molecular flexibility index (Phi) is 5.62. The quantitative estimate of drug-likeness (QED) is 0.754. The van der Waals surface area contributed by atoms with Crippen LogP contribution in [0.3, 0.4) is 0 Å². The van der Waals surface area contributed by atoms with Crippen molar-refractivity contribution < 1.29 is 14.9 Å². The van der Waals surface area contributed by atoms with E-state index in [4.69, 9.17) is 7.10 Å². The number of aromatic nitrogens is 1. The van der Waals surface area contributed by atoms with Gasteiger partial charge in [0, 0.05) is 18.8 Å². The van der Waals surface area contributed by atoms with E-state index in [0.29, 0.717) is 16.8 Å². The van der Waals surface area contributed by atoms with Gasteiger partial charge in [0.2, 0.25) is 5.91 Å². The van der Waals surface area contributed by atoms with Crippen molar-refractivity contribution in [1.29, 1.82) is 0 Å². The number of amides is 1. The minimum absolute atomic E-state index is 0. The second kappa shape index (κ2) is 7.90. The summed E-state index contributed by atoms with van der Waals surface area (Å²) in [7, 11) is 1.57. The predicted octanol–water partition coefficient (Wildman–Crippen LogP) is 3.22. The van der Waals surface area contributed by atoms with Gasteiger partial charge in [-0.1, -0.05) is 0 Å². The molecule has 0 radical (unpaired) electrons. The van der Waals surface area contributed by atoms with Crippen LogP contribution in [-0.4, -0.2) is 24.0 Å². The number of thiazole rings is 1. The zero-order valence-corrected chi connectivity index (χ0v) is 15.1. The Morgan fingerprint density at radius 1 is 1.32 bits per heavy atom. The Morgan fingerprint density at radius 2 is 2.00 bits per heavy atom. The van der Waals surface area contributed by atoms with Crippen molar-refractivity contribution in [1.82, 2.24) is 4.98 Å². The molecule has 3 rings (SSSR count). The second-order valence-corrected chi connectivity index (χ2v) is 6.27. The number of nitrogens with two attached hydrogens (primary N) is 1. The van der Waals surface area contributed by atoms with E-state index in [1.54, 1.807) is 25.2 Å². The van der Waals surface area contributed by atoms with Crippen LogP contribution >= 0.6 is 24.8 Å². The van der Waals surface area contributed by atoms with Crippen LogP contribution < -0.4 is 10.6 Å². The molecule has 1 amide bonds. The number of halogens is 2. The van der Waals surface area contributed by atoms with Crippen molar-refractivity contribution in [3.63, 3.8) is 0 Å². The number of anilines is 1. The number of carbonyl (C=O) groups excluding carboxylic acids is 1. The Hall–Kier alpha value is -2.03. The normalized spacial score (nSPS) is 12.4. The number of hydrogen-bond acceptors (Lipinski definition) is 4. The zero-order valence-electron chi connectivity index (χ0n) is 14.3. The Morgan fingerprint density at radius 3 is 2.68 bits per heavy atom. The van der Waals surface area contributed by atoms with Crippen LogP contribution in [-0.2, 0) is 11.2 Å². The minimum Gasteiger partial charge on any atom is -0.320 e. The molecule has 25 heavy (non-hydrogen) atoms. The molecule has 2 N–H and O–H groups in total. The van der Waals surface area contributed by atoms with E-state index in [1.807, 2.05) is 0 Å². The average Bonchev–Trinajstić information content (AvgIpc) is 2.91. The molecule has 0 saturated heterocycles. The molecule has 8 heteroatoms. The first-order valence-corrected chi connectivity index (χ1v) is 8.00. The van der Waals surface area contributed by atoms with E-state index in [0.717, 1.165) is 22.9 Å². The molecule has 0 spiro atoms. The molecule has 2 aromatic carbocycles. The monoisotopic (exact) mass is 382 g/mol. The van der Waals surface area contributed by atoms with E-state index in [9.17, 15) is 13.6 Å². The van der Waals surface area contributed by atoms with Gasteiger partial charge >= 0.3 is 0 Å². The molecule has 132 valence electrons. The number of hydrogen-bond donors (Lipinski definition) is 1. The fourth-order valence-electron chi connectivity index (χ4n) is 2.46. The molecule has 0 bridgehead atoms. The maximum absolute atomic E-state index is 13.3. The number of fused-ring (bicyclic) bond motifs is 1. The lowest BCUT2D eigenvalue weighted by atomic mass is 10.0. The van der Waals surface area contributed by atoms with E-state index < -0.39 is 17.7 Å². The summed E-state index contributed by atoms with van der Waals surface area (Å²) in [5.74, 6) is -1.79. The maximum atomic E-state index is 13.3. The molecule has 0 saturated carbocycles. The molecule has 3 aromatic rings. The van der Waals surface area contributed by atoms with Gasteiger partial charge in [-0.25, -0.2) is 13.8 Å². The van der Waals surface area contributed by atoms with Gasteiger partial charge in [-0.15, -0.1) is 11.3 Å². The summed E-state index contributed by atoms with van der Waals surface area (Å²) in [6.07, 6.45) is 0.0215. The van der Waals surface area contributed by atoms with Gasteiger partial charge in [-0.05, 0) is 42.3 Å². The molecular weight excluding hydrogens is 364 g/mol. The first kappa shape index (κ1) is 17.8. The Labute approximate surface area is 156 Å². The SMILES string of the molecule is S.[2H]c1nc2cc(N(C)C(=O)[C@@H](N)Cc3cc(F)cc(F)c3)ccc2s1. The largest absolute Gasteiger partial charge is 0.320 e. The van der Waals surface area contributed by atoms with Crippen molar-refractivity contribution in [2.75, 3.05) is 11.9 Å². The van der Waals surface area contributed by atoms with Crippen LogP contribution in [0.1, 0.15) is 6.93 Å². The van der Waals surface area contributed by atoms with Crippen LogP contribution in [0.5, 0.6) is 0 Å². The molecule has 1 heterocycles. The number of likely N-dealkylation sites (N-methyl/N-ethyl adjacent to an activating group) is 1. The summed E-state index contributed by atoms with van der Waals surface area (Å²) in [6, 6.07) is 7.39. The molecule has 0 aliphatic rings. The van der Waals surface area contributed by atoms with Gasteiger partial charge < -0.3 is 10.6 Å². The first-order valence-electron chi connectivity index (χ1n) is 7.69. The highest BCUT2D eigenvalue weighted by molar-refractivity contribution is 7.59. The van der Waals surface area contributed by atoms with Gasteiger partial charge in [0.25, 0.3) is 0 Å². The molecule has 0 fully saturated rings. The van der Waals surface area contributed by atoms with Gasteiger partial charge in [0.15, 0.2) is 0 Å². The lowest BCUT2D eigenvalue weighted by molar-refractivity contribution is -0.119. The van der Waals surface area contributed by atoms with Crippen molar-refractivity contribution in [3.8, 4) is 0 Å². The molecular formula is C17H17F2N3OS2. The van der Waals surface area contributed by atoms with Crippen LogP contribution in [0.25, 0.3) is 10.2 Å². The highest BCUT2D eigenvalue weighted by atomic mass is 32.1. The summed E-state index contributed by atoms with van der Waals surface area (Å²) < 4.78 is 34.9. The number of rotatable bonds is 4. The third-order valence-corrected chi connectivity index (χ3v) is 4.42. The smallest absolute Gasteiger partial charge is 0.243 e. The highest BCUT2D eigenvalue weighted by Gasteiger charge is 2.20. The summed E-state index contributed by atoms with van der Waals surface area (Å²) in [5, 5.41) is 0. The van der Waals surface area contributed by atoms with Gasteiger partial charge in [0.05, 0.1) is 23.1 Å². The van der Waals surface area contributed by atoms with Crippen molar-refractivity contribution in [2.45, 2.75) is 12.5 Å². The molecule has 1 atom stereocenters. The van der Waals surface area contributed by atoms with Gasteiger partial charge in [0.1, 0.15) is 11.6 Å². The van der Waals surface area contributed by atoms with E-state index in [1.165, 1.54) is 16.2 Å². The number of benzene rings is 2. The minimum atomic E-state index is -0.941. The van der Waals surface area contributed by atoms with Crippen LogP contribution in [0.4, 0.5) is 14.5 Å². The van der Waals surface area contributed by atoms with Crippen LogP contribution in [0.2, 0.25) is 0 Å². The molecule has 0 aliphatic heterocycles. The third kappa shape index (κ3) is 4.33. The Bertz CT molecular complexity index is 931.